The van der Waals surface area contributed by atoms with Crippen molar-refractivity contribution in [1.29, 1.82) is 0 Å². The Balaban J connectivity index is -0.000000160. The number of methoxy groups -OCH3 is 2. The summed E-state index contributed by atoms with van der Waals surface area (Å²) in [6.07, 6.45) is -0.954. The number of carbonyl (C=O) groups is 1. The van der Waals surface area contributed by atoms with Crippen molar-refractivity contribution in [3.8, 4) is 0 Å². The molecule has 0 amide bonds. The Bertz CT molecular complexity index is 128. The van der Waals surface area contributed by atoms with Crippen LogP contribution in [0.5, 0.6) is 0 Å². The Morgan fingerprint density at radius 2 is 1.56 bits per heavy atom. The third-order valence-corrected chi connectivity index (χ3v) is 1.00. The van der Waals surface area contributed by atoms with Crippen molar-refractivity contribution in [2.45, 2.75) is 6.10 Å². The maximum absolute atomic E-state index is 9.24. The van der Waals surface area contributed by atoms with Gasteiger partial charge in [0, 0.05) is 14.2 Å². The number of aliphatic hydroxyl groups is 3. The van der Waals surface area contributed by atoms with Gasteiger partial charge in [-0.15, -0.1) is 11.6 Å². The van der Waals surface area contributed by atoms with Crippen molar-refractivity contribution < 1.29 is 34.7 Å². The number of carboxylic acid groups (broad SMARTS) is 1. The zero-order valence-corrected chi connectivity index (χ0v) is 10.1. The maximum Gasteiger partial charge on any atom is 0.318 e. The lowest BCUT2D eigenvalue weighted by molar-refractivity contribution is -0.134. The monoisotopic (exact) mass is 262 g/mol. The van der Waals surface area contributed by atoms with Gasteiger partial charge in [-0.2, -0.15) is 0 Å². The number of hydrogen-bond donors (Lipinski definition) is 4. The van der Waals surface area contributed by atoms with Gasteiger partial charge < -0.3 is 29.9 Å². The smallest absolute Gasteiger partial charge is 0.318 e. The molecule has 0 aromatic rings. The second kappa shape index (κ2) is 20.0. The van der Waals surface area contributed by atoms with Gasteiger partial charge in [0.2, 0.25) is 0 Å². The van der Waals surface area contributed by atoms with Crippen molar-refractivity contribution >= 4 is 17.6 Å². The van der Waals surface area contributed by atoms with E-state index in [1.54, 1.807) is 14.2 Å². The summed E-state index contributed by atoms with van der Waals surface area (Å²) in [5.41, 5.74) is 0. The van der Waals surface area contributed by atoms with E-state index < -0.39 is 12.1 Å². The lowest BCUT2D eigenvalue weighted by atomic mass is 10.4. The molecule has 4 N–H and O–H groups in total. The molecule has 0 aromatic heterocycles. The minimum atomic E-state index is -0.980. The van der Waals surface area contributed by atoms with Crippen LogP contribution in [0, 0.1) is 0 Å². The highest BCUT2D eigenvalue weighted by Crippen LogP contribution is 1.71. The fourth-order valence-corrected chi connectivity index (χ4v) is 0.176. The summed E-state index contributed by atoms with van der Waals surface area (Å²) in [4.78, 5) is 9.24. The predicted molar refractivity (Wildman–Crippen MR) is 57.4 cm³/mol. The first-order valence-corrected chi connectivity index (χ1v) is 4.68. The molecule has 100 valence electrons. The summed E-state index contributed by atoms with van der Waals surface area (Å²) in [5.74, 6) is -1.29. The van der Waals surface area contributed by atoms with Crippen molar-refractivity contribution in [2.24, 2.45) is 0 Å². The number of hydrogen-bond acceptors (Lipinski definition) is 6. The molecule has 0 aliphatic carbocycles. The normalized spacial score (nSPS) is 8.69. The second-order valence-corrected chi connectivity index (χ2v) is 2.51. The summed E-state index contributed by atoms with van der Waals surface area (Å²) in [6.45, 7) is -0.340. The van der Waals surface area contributed by atoms with E-state index in [0.717, 1.165) is 0 Å². The van der Waals surface area contributed by atoms with Gasteiger partial charge in [0.25, 0.3) is 0 Å². The second-order valence-electron chi connectivity index (χ2n) is 2.24. The Kier molecular flexibility index (Phi) is 26.2. The lowest BCUT2D eigenvalue weighted by Crippen LogP contribution is -2.15. The first-order valence-electron chi connectivity index (χ1n) is 4.15. The predicted octanol–water partition coefficient (Wildman–Crippen LogP) is -1.12. The average Bonchev–Trinajstić information content (AvgIpc) is 2.30. The molecule has 7 nitrogen and oxygen atoms in total. The number of alkyl halides is 1. The van der Waals surface area contributed by atoms with Crippen LogP contribution in [-0.4, -0.2) is 72.6 Å². The minimum Gasteiger partial charge on any atom is -0.480 e. The Morgan fingerprint density at radius 3 is 1.56 bits per heavy atom. The van der Waals surface area contributed by atoms with Crippen LogP contribution in [-0.2, 0) is 14.3 Å². The first kappa shape index (κ1) is 20.9. The maximum atomic E-state index is 9.24. The summed E-state index contributed by atoms with van der Waals surface area (Å²) >= 11 is 4.74. The van der Waals surface area contributed by atoms with Gasteiger partial charge in [-0.3, -0.25) is 4.79 Å². The van der Waals surface area contributed by atoms with Crippen LogP contribution >= 0.6 is 11.6 Å². The molecule has 0 fully saturated rings. The van der Waals surface area contributed by atoms with E-state index in [2.05, 4.69) is 9.47 Å². The average molecular weight is 263 g/mol. The van der Waals surface area contributed by atoms with Crippen LogP contribution in [0.15, 0.2) is 0 Å². The Labute approximate surface area is 99.2 Å². The van der Waals surface area contributed by atoms with Gasteiger partial charge in [0.05, 0.1) is 13.2 Å². The molecule has 0 saturated heterocycles. The molecule has 0 unspecified atom stereocenters. The quantitative estimate of drug-likeness (QED) is 0.366. The largest absolute Gasteiger partial charge is 0.480 e. The van der Waals surface area contributed by atoms with E-state index in [9.17, 15) is 4.79 Å². The Hall–Kier alpha value is -0.440. The molecule has 0 bridgehead atoms. The number of ether oxygens (including phenoxy) is 2. The van der Waals surface area contributed by atoms with Crippen molar-refractivity contribution in [2.75, 3.05) is 40.1 Å². The van der Waals surface area contributed by atoms with Crippen molar-refractivity contribution in [1.82, 2.24) is 0 Å². The molecule has 0 aliphatic rings. The van der Waals surface area contributed by atoms with Crippen LogP contribution in [0.4, 0.5) is 0 Å². The number of aliphatic hydroxyl groups excluding tert-OH is 3. The van der Waals surface area contributed by atoms with E-state index in [1.807, 2.05) is 0 Å². The van der Waals surface area contributed by atoms with Gasteiger partial charge in [0.15, 0.2) is 0 Å². The molecule has 8 heteroatoms. The van der Waals surface area contributed by atoms with Crippen molar-refractivity contribution in [3.05, 3.63) is 0 Å². The van der Waals surface area contributed by atoms with E-state index in [4.69, 9.17) is 32.0 Å². The van der Waals surface area contributed by atoms with Gasteiger partial charge >= 0.3 is 5.97 Å². The minimum absolute atomic E-state index is 0.306. The zero-order valence-electron chi connectivity index (χ0n) is 9.30. The van der Waals surface area contributed by atoms with E-state index >= 15 is 0 Å². The molecule has 0 rings (SSSR count). The van der Waals surface area contributed by atoms with Crippen LogP contribution in [0.2, 0.25) is 0 Å². The SMILES string of the molecule is COCOC.O=C(O)CCl.OCC(O)CO. The topological polar surface area (TPSA) is 116 Å². The standard InChI is InChI=1S/C3H8O3.C3H8O2.C2H3ClO2/c4-1-3(6)2-5;1-4-3-5-2;3-1-2(4)5/h3-6H,1-2H2;3H2,1-2H3;1H2,(H,4,5). The molecule has 0 aliphatic heterocycles. The summed E-state index contributed by atoms with van der Waals surface area (Å²) in [6, 6.07) is 0. The van der Waals surface area contributed by atoms with E-state index in [1.165, 1.54) is 0 Å². The molecule has 0 spiro atoms. The number of aliphatic carboxylic acids is 1. The number of halogens is 1. The molecule has 16 heavy (non-hydrogen) atoms. The van der Waals surface area contributed by atoms with E-state index in [-0.39, 0.29) is 19.1 Å². The molecule has 0 heterocycles. The molecule has 0 radical (unpaired) electrons. The molecular formula is C8H19ClO7. The van der Waals surface area contributed by atoms with E-state index in [0.29, 0.717) is 6.79 Å². The highest BCUT2D eigenvalue weighted by Gasteiger charge is 1.93. The summed E-state index contributed by atoms with van der Waals surface area (Å²) in [7, 11) is 3.17. The van der Waals surface area contributed by atoms with Crippen LogP contribution in [0.1, 0.15) is 0 Å². The third kappa shape index (κ3) is 37.4. The first-order chi connectivity index (χ1) is 7.49. The van der Waals surface area contributed by atoms with Gasteiger partial charge in [-0.05, 0) is 0 Å². The molecule has 0 saturated carbocycles. The fraction of sp³-hybridized carbons (Fsp3) is 0.875. The van der Waals surface area contributed by atoms with Crippen LogP contribution in [0.25, 0.3) is 0 Å². The van der Waals surface area contributed by atoms with Crippen molar-refractivity contribution in [3.63, 3.8) is 0 Å². The van der Waals surface area contributed by atoms with Gasteiger partial charge in [-0.1, -0.05) is 0 Å². The Morgan fingerprint density at radius 1 is 1.25 bits per heavy atom. The molecular weight excluding hydrogens is 244 g/mol. The highest BCUT2D eigenvalue weighted by atomic mass is 35.5. The third-order valence-electron chi connectivity index (χ3n) is 0.772. The fourth-order valence-electron chi connectivity index (χ4n) is 0.176. The highest BCUT2D eigenvalue weighted by molar-refractivity contribution is 6.26. The number of carboxylic acids is 1. The van der Waals surface area contributed by atoms with Crippen LogP contribution < -0.4 is 0 Å². The van der Waals surface area contributed by atoms with Gasteiger partial charge in [-0.25, -0.2) is 0 Å². The number of rotatable bonds is 5. The summed E-state index contributed by atoms with van der Waals surface area (Å²) in [5, 5.41) is 31.6. The zero-order chi connectivity index (χ0) is 13.4. The molecule has 0 aromatic carbocycles. The van der Waals surface area contributed by atoms with Crippen LogP contribution in [0.3, 0.4) is 0 Å². The van der Waals surface area contributed by atoms with Gasteiger partial charge in [0.1, 0.15) is 18.8 Å². The lowest BCUT2D eigenvalue weighted by Gasteiger charge is -1.96. The molecule has 0 atom stereocenters. The summed E-state index contributed by atoms with van der Waals surface area (Å²) < 4.78 is 8.94.